The van der Waals surface area contributed by atoms with Crippen LogP contribution in [0.15, 0.2) is 28.7 Å². The topological polar surface area (TPSA) is 60.5 Å². The number of hydrogen-bond acceptors (Lipinski definition) is 4. The van der Waals surface area contributed by atoms with E-state index in [1.165, 1.54) is 11.4 Å². The van der Waals surface area contributed by atoms with Crippen LogP contribution in [0.4, 0.5) is 0 Å². The molecule has 1 amide bonds. The number of oxazole rings is 1. The predicted molar refractivity (Wildman–Crippen MR) is 108 cm³/mol. The number of ether oxygens (including phenoxy) is 1. The van der Waals surface area contributed by atoms with E-state index < -0.39 is 0 Å². The van der Waals surface area contributed by atoms with Crippen molar-refractivity contribution in [2.75, 3.05) is 13.7 Å². The van der Waals surface area contributed by atoms with Crippen LogP contribution in [0.2, 0.25) is 5.35 Å². The Balaban J connectivity index is 1.50. The molecule has 2 aromatic heterocycles. The number of amides is 1. The highest BCUT2D eigenvalue weighted by Gasteiger charge is 2.20. The first kappa shape index (κ1) is 19.0. The molecule has 1 unspecified atom stereocenters. The van der Waals surface area contributed by atoms with Crippen LogP contribution in [0.3, 0.4) is 0 Å². The molecule has 0 spiro atoms. The van der Waals surface area contributed by atoms with Gasteiger partial charge in [0.15, 0.2) is 5.58 Å². The van der Waals surface area contributed by atoms with Crippen LogP contribution < -0.4 is 0 Å². The van der Waals surface area contributed by atoms with Gasteiger partial charge in [-0.05, 0) is 68.1 Å². The zero-order valence-electron chi connectivity index (χ0n) is 16.4. The average molecular weight is 402 g/mol. The highest BCUT2D eigenvalue weighted by Crippen LogP contribution is 2.23. The van der Waals surface area contributed by atoms with E-state index in [2.05, 4.69) is 29.5 Å². The fraction of sp³-hybridized carbons (Fsp3) is 0.429. The predicted octanol–water partition coefficient (Wildman–Crippen LogP) is 4.35. The highest BCUT2D eigenvalue weighted by atomic mass is 35.5. The molecule has 3 heterocycles. The first-order chi connectivity index (χ1) is 13.4. The lowest BCUT2D eigenvalue weighted by molar-refractivity contribution is 0.0784. The number of aryl methyl sites for hydroxylation is 1. The minimum atomic E-state index is -0.0710. The summed E-state index contributed by atoms with van der Waals surface area (Å²) < 4.78 is 13.4. The second-order valence-corrected chi connectivity index (χ2v) is 7.78. The van der Waals surface area contributed by atoms with Gasteiger partial charge in [-0.1, -0.05) is 0 Å². The summed E-state index contributed by atoms with van der Waals surface area (Å²) in [5.74, 6) is -0.0710. The number of hydrogen-bond donors (Lipinski definition) is 0. The molecule has 3 aromatic rings. The van der Waals surface area contributed by atoms with E-state index >= 15 is 0 Å². The van der Waals surface area contributed by atoms with Gasteiger partial charge in [-0.2, -0.15) is 4.98 Å². The summed E-state index contributed by atoms with van der Waals surface area (Å²) >= 11 is 5.80. The van der Waals surface area contributed by atoms with Crippen LogP contribution in [-0.2, 0) is 17.8 Å². The smallest absolute Gasteiger partial charge is 0.293 e. The summed E-state index contributed by atoms with van der Waals surface area (Å²) in [4.78, 5) is 18.7. The van der Waals surface area contributed by atoms with E-state index in [-0.39, 0.29) is 17.4 Å². The van der Waals surface area contributed by atoms with Crippen molar-refractivity contribution in [3.8, 4) is 0 Å². The third-order valence-electron chi connectivity index (χ3n) is 5.45. The van der Waals surface area contributed by atoms with Gasteiger partial charge in [-0.3, -0.25) is 4.79 Å². The monoisotopic (exact) mass is 401 g/mol. The van der Waals surface area contributed by atoms with Crippen LogP contribution in [-0.4, -0.2) is 40.1 Å². The van der Waals surface area contributed by atoms with E-state index in [1.54, 1.807) is 23.1 Å². The first-order valence-corrected chi connectivity index (χ1v) is 9.89. The first-order valence-electron chi connectivity index (χ1n) is 9.51. The lowest BCUT2D eigenvalue weighted by atomic mass is 10.1. The van der Waals surface area contributed by atoms with Gasteiger partial charge >= 0.3 is 0 Å². The molecule has 6 nitrogen and oxygen atoms in total. The molecule has 0 saturated carbocycles. The Kier molecular flexibility index (Phi) is 5.17. The average Bonchev–Trinajstić information content (AvgIpc) is 3.36. The van der Waals surface area contributed by atoms with Crippen molar-refractivity contribution in [3.05, 3.63) is 52.1 Å². The molecule has 0 radical (unpaired) electrons. The van der Waals surface area contributed by atoms with Gasteiger partial charge in [0.1, 0.15) is 5.52 Å². The van der Waals surface area contributed by atoms with Crippen molar-refractivity contribution in [1.82, 2.24) is 14.5 Å². The van der Waals surface area contributed by atoms with E-state index in [0.717, 1.165) is 31.6 Å². The molecule has 1 atom stereocenters. The molecule has 148 valence electrons. The summed E-state index contributed by atoms with van der Waals surface area (Å²) in [5.41, 5.74) is 5.23. The van der Waals surface area contributed by atoms with Crippen molar-refractivity contribution < 1.29 is 13.9 Å². The van der Waals surface area contributed by atoms with E-state index in [0.29, 0.717) is 23.2 Å². The second-order valence-electron chi connectivity index (χ2n) is 7.45. The summed E-state index contributed by atoms with van der Waals surface area (Å²) in [7, 11) is 1.81. The quantitative estimate of drug-likeness (QED) is 0.637. The van der Waals surface area contributed by atoms with Crippen molar-refractivity contribution in [2.45, 2.75) is 45.9 Å². The van der Waals surface area contributed by atoms with Gasteiger partial charge in [0.2, 0.25) is 0 Å². The number of halogens is 1. The maximum absolute atomic E-state index is 12.9. The Morgan fingerprint density at radius 1 is 1.36 bits per heavy atom. The molecule has 0 aliphatic carbocycles. The fourth-order valence-electron chi connectivity index (χ4n) is 3.88. The zero-order chi connectivity index (χ0) is 19.8. The molecule has 1 aromatic carbocycles. The van der Waals surface area contributed by atoms with Crippen molar-refractivity contribution >= 4 is 28.6 Å². The summed E-state index contributed by atoms with van der Waals surface area (Å²) in [6.45, 7) is 6.49. The third kappa shape index (κ3) is 3.66. The normalized spacial score (nSPS) is 16.8. The number of rotatable bonds is 5. The Morgan fingerprint density at radius 2 is 2.18 bits per heavy atom. The summed E-state index contributed by atoms with van der Waals surface area (Å²) in [6.07, 6.45) is 2.53. The molecule has 7 heteroatoms. The van der Waals surface area contributed by atoms with Gasteiger partial charge in [0.25, 0.3) is 11.3 Å². The number of fused-ring (bicyclic) bond motifs is 1. The van der Waals surface area contributed by atoms with Crippen LogP contribution in [0.1, 0.15) is 40.2 Å². The number of carbonyl (C=O) groups is 1. The van der Waals surface area contributed by atoms with Crippen LogP contribution in [0.25, 0.3) is 11.1 Å². The fourth-order valence-corrected chi connectivity index (χ4v) is 4.06. The Hall–Kier alpha value is -2.31. The van der Waals surface area contributed by atoms with Crippen LogP contribution in [0.5, 0.6) is 0 Å². The minimum absolute atomic E-state index is 0.0710. The Labute approximate surface area is 169 Å². The molecule has 1 fully saturated rings. The number of benzene rings is 1. The number of aromatic nitrogens is 2. The van der Waals surface area contributed by atoms with E-state index in [4.69, 9.17) is 20.8 Å². The maximum atomic E-state index is 12.9. The largest absolute Gasteiger partial charge is 0.428 e. The maximum Gasteiger partial charge on any atom is 0.293 e. The van der Waals surface area contributed by atoms with Crippen LogP contribution in [0, 0.1) is 13.8 Å². The number of carbonyl (C=O) groups excluding carboxylic acids is 1. The summed E-state index contributed by atoms with van der Waals surface area (Å²) in [6, 6.07) is 7.35. The minimum Gasteiger partial charge on any atom is -0.428 e. The van der Waals surface area contributed by atoms with Crippen molar-refractivity contribution in [2.24, 2.45) is 0 Å². The van der Waals surface area contributed by atoms with E-state index in [1.807, 2.05) is 7.05 Å². The molecule has 4 rings (SSSR count). The summed E-state index contributed by atoms with van der Waals surface area (Å²) in [5, 5.41) is 0.0756. The molecule has 28 heavy (non-hydrogen) atoms. The molecule has 0 bridgehead atoms. The molecular formula is C21H24ClN3O3. The van der Waals surface area contributed by atoms with Crippen LogP contribution >= 0.6 is 11.6 Å². The molecule has 1 aliphatic heterocycles. The van der Waals surface area contributed by atoms with Crippen molar-refractivity contribution in [3.63, 3.8) is 0 Å². The molecule has 0 N–H and O–H groups in total. The molecule has 1 saturated heterocycles. The van der Waals surface area contributed by atoms with Gasteiger partial charge < -0.3 is 18.6 Å². The SMILES string of the molecule is Cc1cc(CN(C)C(=O)c2ccc3nc(Cl)oc3c2)c(C)n1CC1CCCO1. The number of nitrogens with zero attached hydrogens (tertiary/aromatic N) is 3. The standard InChI is InChI=1S/C21H24ClN3O3/c1-13-9-16(14(2)25(13)12-17-5-4-8-27-17)11-24(3)20(26)15-6-7-18-19(10-15)28-21(22)23-18/h6-7,9-10,17H,4-5,8,11-12H2,1-3H3. The molecule has 1 aliphatic rings. The zero-order valence-corrected chi connectivity index (χ0v) is 17.1. The highest BCUT2D eigenvalue weighted by molar-refractivity contribution is 6.28. The van der Waals surface area contributed by atoms with Gasteiger partial charge in [-0.25, -0.2) is 0 Å². The van der Waals surface area contributed by atoms with Gasteiger partial charge in [-0.15, -0.1) is 0 Å². The lowest BCUT2D eigenvalue weighted by Gasteiger charge is -2.18. The Bertz CT molecular complexity index is 1020. The lowest BCUT2D eigenvalue weighted by Crippen LogP contribution is -2.26. The van der Waals surface area contributed by atoms with Gasteiger partial charge in [0.05, 0.1) is 6.10 Å². The Morgan fingerprint density at radius 3 is 2.93 bits per heavy atom. The molecular weight excluding hydrogens is 378 g/mol. The second kappa shape index (κ2) is 7.60. The van der Waals surface area contributed by atoms with Gasteiger partial charge in [0, 0.05) is 43.7 Å². The van der Waals surface area contributed by atoms with Crippen molar-refractivity contribution in [1.29, 1.82) is 0 Å². The third-order valence-corrected chi connectivity index (χ3v) is 5.61. The van der Waals surface area contributed by atoms with E-state index in [9.17, 15) is 4.79 Å².